The molecule has 0 unspecified atom stereocenters. The second-order valence-corrected chi connectivity index (χ2v) is 8.62. The zero-order chi connectivity index (χ0) is 18.0. The Morgan fingerprint density at radius 2 is 1.85 bits per heavy atom. The highest BCUT2D eigenvalue weighted by Crippen LogP contribution is 2.72. The Kier molecular flexibility index (Phi) is 5.07. The molecule has 1 aromatic carbocycles. The zero-order valence-electron chi connectivity index (χ0n) is 15.8. The molecule has 3 aliphatic rings. The van der Waals surface area contributed by atoms with Gasteiger partial charge in [0.05, 0.1) is 11.5 Å². The number of rotatable bonds is 6. The molecule has 0 aromatic heterocycles. The Morgan fingerprint density at radius 3 is 2.54 bits per heavy atom. The molecule has 1 atom stereocenters. The number of aliphatic hydroxyl groups is 1. The van der Waals surface area contributed by atoms with Gasteiger partial charge in [-0.3, -0.25) is 4.79 Å². The molecule has 1 saturated heterocycles. The van der Waals surface area contributed by atoms with Crippen LogP contribution in [0.5, 0.6) is 0 Å². The Labute approximate surface area is 157 Å². The number of hydrogen-bond acceptors (Lipinski definition) is 3. The molecule has 4 heteroatoms. The molecule has 1 aromatic rings. The van der Waals surface area contributed by atoms with Crippen LogP contribution in [0.25, 0.3) is 0 Å². The lowest BCUT2D eigenvalue weighted by Crippen LogP contribution is -2.41. The molecule has 26 heavy (non-hydrogen) atoms. The molecule has 142 valence electrons. The lowest BCUT2D eigenvalue weighted by atomic mass is 9.84. The number of nitrogens with one attached hydrogen (secondary N) is 1. The predicted octanol–water partition coefficient (Wildman–Crippen LogP) is 2.85. The number of carbonyl (C=O) groups excluding carboxylic acids is 1. The molecule has 2 aliphatic carbocycles. The first-order chi connectivity index (χ1) is 12.7. The van der Waals surface area contributed by atoms with E-state index >= 15 is 0 Å². The molecule has 4 rings (SSSR count). The first kappa shape index (κ1) is 18.0. The molecule has 4 nitrogen and oxygen atoms in total. The minimum atomic E-state index is -0.278. The van der Waals surface area contributed by atoms with Gasteiger partial charge in [-0.1, -0.05) is 43.2 Å². The Balaban J connectivity index is 1.33. The van der Waals surface area contributed by atoms with Crippen molar-refractivity contribution in [3.63, 3.8) is 0 Å². The van der Waals surface area contributed by atoms with Crippen molar-refractivity contribution in [2.45, 2.75) is 62.9 Å². The quantitative estimate of drug-likeness (QED) is 0.771. The average molecular weight is 357 g/mol. The van der Waals surface area contributed by atoms with E-state index in [0.29, 0.717) is 0 Å². The standard InChI is InChI=1S/C22H32N2O2/c25-19-9-15-24(16-10-19)14-6-13-23-20(26)22(18-7-2-1-3-8-18)17-21(22)11-4-5-12-21/h1-3,7-8,19,25H,4-6,9-17H2,(H,23,26)/t22-/m0/s1. The van der Waals surface area contributed by atoms with Crippen LogP contribution in [0.15, 0.2) is 30.3 Å². The average Bonchev–Trinajstić information content (AvgIpc) is 3.08. The van der Waals surface area contributed by atoms with E-state index in [1.54, 1.807) is 0 Å². The number of nitrogens with zero attached hydrogens (tertiary/aromatic N) is 1. The van der Waals surface area contributed by atoms with E-state index in [-0.39, 0.29) is 22.8 Å². The summed E-state index contributed by atoms with van der Waals surface area (Å²) in [5.41, 5.74) is 1.16. The van der Waals surface area contributed by atoms with Crippen LogP contribution in [-0.4, -0.2) is 48.2 Å². The lowest BCUT2D eigenvalue weighted by Gasteiger charge is -2.29. The van der Waals surface area contributed by atoms with E-state index < -0.39 is 0 Å². The fraction of sp³-hybridized carbons (Fsp3) is 0.682. The van der Waals surface area contributed by atoms with E-state index in [9.17, 15) is 9.90 Å². The van der Waals surface area contributed by atoms with Crippen molar-refractivity contribution in [2.24, 2.45) is 5.41 Å². The highest BCUT2D eigenvalue weighted by atomic mass is 16.3. The second-order valence-electron chi connectivity index (χ2n) is 8.62. The number of carbonyl (C=O) groups is 1. The Bertz CT molecular complexity index is 618. The fourth-order valence-corrected chi connectivity index (χ4v) is 5.50. The summed E-state index contributed by atoms with van der Waals surface area (Å²) in [6, 6.07) is 10.5. The zero-order valence-corrected chi connectivity index (χ0v) is 15.8. The minimum Gasteiger partial charge on any atom is -0.393 e. The van der Waals surface area contributed by atoms with Gasteiger partial charge in [-0.25, -0.2) is 0 Å². The van der Waals surface area contributed by atoms with Crippen LogP contribution in [0.4, 0.5) is 0 Å². The molecule has 1 amide bonds. The molecule has 2 saturated carbocycles. The van der Waals surface area contributed by atoms with Gasteiger partial charge in [0, 0.05) is 19.6 Å². The summed E-state index contributed by atoms with van der Waals surface area (Å²) in [6.07, 6.45) is 8.59. The number of aliphatic hydroxyl groups excluding tert-OH is 1. The molecule has 1 spiro atoms. The summed E-state index contributed by atoms with van der Waals surface area (Å²) in [6.45, 7) is 3.72. The van der Waals surface area contributed by atoms with Gasteiger partial charge in [0.15, 0.2) is 0 Å². The second kappa shape index (κ2) is 7.32. The Morgan fingerprint density at radius 1 is 1.15 bits per heavy atom. The van der Waals surface area contributed by atoms with Crippen molar-refractivity contribution in [2.75, 3.05) is 26.2 Å². The SMILES string of the molecule is O=C(NCCCN1CCC(O)CC1)[C@@]1(c2ccccc2)CC12CCCC2. The number of benzene rings is 1. The third-order valence-corrected chi connectivity index (χ3v) is 7.09. The van der Waals surface area contributed by atoms with Crippen LogP contribution < -0.4 is 5.32 Å². The minimum absolute atomic E-state index is 0.117. The van der Waals surface area contributed by atoms with Gasteiger partial charge in [-0.05, 0) is 56.0 Å². The summed E-state index contributed by atoms with van der Waals surface area (Å²) in [5.74, 6) is 0.250. The van der Waals surface area contributed by atoms with Crippen molar-refractivity contribution < 1.29 is 9.90 Å². The van der Waals surface area contributed by atoms with Gasteiger partial charge in [-0.2, -0.15) is 0 Å². The van der Waals surface area contributed by atoms with Gasteiger partial charge in [0.25, 0.3) is 0 Å². The summed E-state index contributed by atoms with van der Waals surface area (Å²) >= 11 is 0. The number of hydrogen-bond donors (Lipinski definition) is 2. The summed E-state index contributed by atoms with van der Waals surface area (Å²) < 4.78 is 0. The van der Waals surface area contributed by atoms with E-state index in [0.717, 1.165) is 51.9 Å². The molecule has 1 heterocycles. The summed E-state index contributed by atoms with van der Waals surface area (Å²) in [5, 5.41) is 12.9. The number of amides is 1. The van der Waals surface area contributed by atoms with Crippen LogP contribution in [0.2, 0.25) is 0 Å². The van der Waals surface area contributed by atoms with Gasteiger partial charge in [0.1, 0.15) is 0 Å². The van der Waals surface area contributed by atoms with Crippen LogP contribution in [0.1, 0.15) is 56.9 Å². The van der Waals surface area contributed by atoms with Crippen molar-refractivity contribution >= 4 is 5.91 Å². The molecule has 1 aliphatic heterocycles. The molecule has 0 bridgehead atoms. The number of piperidine rings is 1. The number of likely N-dealkylation sites (tertiary alicyclic amines) is 1. The van der Waals surface area contributed by atoms with Crippen molar-refractivity contribution in [1.82, 2.24) is 10.2 Å². The van der Waals surface area contributed by atoms with Crippen molar-refractivity contribution in [3.05, 3.63) is 35.9 Å². The highest BCUT2D eigenvalue weighted by molar-refractivity contribution is 5.93. The van der Waals surface area contributed by atoms with Gasteiger partial charge in [-0.15, -0.1) is 0 Å². The van der Waals surface area contributed by atoms with Crippen molar-refractivity contribution in [1.29, 1.82) is 0 Å². The maximum atomic E-state index is 13.2. The summed E-state index contributed by atoms with van der Waals surface area (Å²) in [7, 11) is 0. The summed E-state index contributed by atoms with van der Waals surface area (Å²) in [4.78, 5) is 15.6. The van der Waals surface area contributed by atoms with Crippen LogP contribution in [0, 0.1) is 5.41 Å². The fourth-order valence-electron chi connectivity index (χ4n) is 5.50. The molecule has 0 radical (unpaired) electrons. The normalized spacial score (nSPS) is 28.3. The van der Waals surface area contributed by atoms with Gasteiger partial charge in [0.2, 0.25) is 5.91 Å². The van der Waals surface area contributed by atoms with Crippen LogP contribution in [0.3, 0.4) is 0 Å². The molecular weight excluding hydrogens is 324 g/mol. The smallest absolute Gasteiger partial charge is 0.231 e. The van der Waals surface area contributed by atoms with E-state index in [2.05, 4.69) is 34.5 Å². The maximum Gasteiger partial charge on any atom is 0.231 e. The van der Waals surface area contributed by atoms with E-state index in [1.165, 1.54) is 31.2 Å². The third kappa shape index (κ3) is 3.18. The van der Waals surface area contributed by atoms with Gasteiger partial charge < -0.3 is 15.3 Å². The van der Waals surface area contributed by atoms with Crippen molar-refractivity contribution in [3.8, 4) is 0 Å². The Hall–Kier alpha value is -1.39. The topological polar surface area (TPSA) is 52.6 Å². The maximum absolute atomic E-state index is 13.2. The van der Waals surface area contributed by atoms with Crippen LogP contribution >= 0.6 is 0 Å². The largest absolute Gasteiger partial charge is 0.393 e. The van der Waals surface area contributed by atoms with E-state index in [1.807, 2.05) is 6.07 Å². The monoisotopic (exact) mass is 356 g/mol. The lowest BCUT2D eigenvalue weighted by molar-refractivity contribution is -0.124. The molecule has 3 fully saturated rings. The third-order valence-electron chi connectivity index (χ3n) is 7.09. The van der Waals surface area contributed by atoms with Gasteiger partial charge >= 0.3 is 0 Å². The first-order valence-corrected chi connectivity index (χ1v) is 10.4. The highest BCUT2D eigenvalue weighted by Gasteiger charge is 2.72. The van der Waals surface area contributed by atoms with Crippen LogP contribution in [-0.2, 0) is 10.2 Å². The first-order valence-electron chi connectivity index (χ1n) is 10.4. The van der Waals surface area contributed by atoms with E-state index in [4.69, 9.17) is 0 Å². The molecular formula is C22H32N2O2. The molecule has 2 N–H and O–H groups in total. The predicted molar refractivity (Wildman–Crippen MR) is 103 cm³/mol.